The van der Waals surface area contributed by atoms with E-state index in [1.54, 1.807) is 13.8 Å². The Labute approximate surface area is 176 Å². The molecule has 0 aromatic carbocycles. The van der Waals surface area contributed by atoms with Gasteiger partial charge in [0.25, 0.3) is 0 Å². The van der Waals surface area contributed by atoms with Crippen LogP contribution in [0.2, 0.25) is 0 Å². The van der Waals surface area contributed by atoms with E-state index in [4.69, 9.17) is 9.47 Å². The van der Waals surface area contributed by atoms with Crippen LogP contribution >= 0.6 is 0 Å². The van der Waals surface area contributed by atoms with Gasteiger partial charge < -0.3 is 18.9 Å². The molecule has 0 heterocycles. The van der Waals surface area contributed by atoms with Gasteiger partial charge in [-0.2, -0.15) is 0 Å². The molecule has 0 atom stereocenters. The first-order chi connectivity index (χ1) is 14.2. The number of hydrogen-bond acceptors (Lipinski definition) is 10. The molecule has 10 nitrogen and oxygen atoms in total. The lowest BCUT2D eigenvalue weighted by molar-refractivity contribution is -0.151. The highest BCUT2D eigenvalue weighted by molar-refractivity contribution is 6.04. The van der Waals surface area contributed by atoms with Gasteiger partial charge in [-0.25, -0.2) is 0 Å². The third-order valence-corrected chi connectivity index (χ3v) is 2.91. The second-order valence-electron chi connectivity index (χ2n) is 5.84. The van der Waals surface area contributed by atoms with Crippen LogP contribution in [0.5, 0.6) is 0 Å². The van der Waals surface area contributed by atoms with Crippen molar-refractivity contribution in [3.05, 3.63) is 0 Å². The first-order valence-corrected chi connectivity index (χ1v) is 9.85. The molecule has 10 heteroatoms. The van der Waals surface area contributed by atoms with Gasteiger partial charge in [-0.05, 0) is 26.7 Å². The maximum atomic E-state index is 11.2. The third-order valence-electron chi connectivity index (χ3n) is 2.91. The standard InChI is InChI=1S/C11H18O5.C9H14O5/c1-3-5-15-10(13)7-9(12)8-11(14)16-6-4-2;1-3-13-8(11)5-7(10)6-9(12)14-4-2/h3-8H2,1-2H3;3-6H2,1-2H3. The van der Waals surface area contributed by atoms with Crippen LogP contribution in [0, 0.1) is 0 Å². The number of Topliss-reactive ketones (excluding diaryl/α,β-unsaturated/α-hetero) is 2. The zero-order valence-electron chi connectivity index (χ0n) is 18.2. The molecule has 0 fully saturated rings. The summed E-state index contributed by atoms with van der Waals surface area (Å²) in [5.74, 6) is -3.35. The van der Waals surface area contributed by atoms with Gasteiger partial charge >= 0.3 is 23.9 Å². The highest BCUT2D eigenvalue weighted by Gasteiger charge is 2.16. The molecule has 0 saturated heterocycles. The number of rotatable bonds is 14. The molecule has 0 aliphatic rings. The normalized spacial score (nSPS) is 9.47. The van der Waals surface area contributed by atoms with Crippen molar-refractivity contribution in [2.24, 2.45) is 0 Å². The average Bonchev–Trinajstić information content (AvgIpc) is 2.65. The van der Waals surface area contributed by atoms with E-state index in [0.717, 1.165) is 0 Å². The van der Waals surface area contributed by atoms with Crippen LogP contribution in [0.1, 0.15) is 66.2 Å². The van der Waals surface area contributed by atoms with Crippen molar-refractivity contribution in [2.45, 2.75) is 66.2 Å². The molecule has 172 valence electrons. The van der Waals surface area contributed by atoms with Gasteiger partial charge in [-0.3, -0.25) is 28.8 Å². The summed E-state index contributed by atoms with van der Waals surface area (Å²) in [6, 6.07) is 0. The van der Waals surface area contributed by atoms with Crippen molar-refractivity contribution in [3.63, 3.8) is 0 Å². The Hall–Kier alpha value is -2.78. The molecule has 30 heavy (non-hydrogen) atoms. The summed E-state index contributed by atoms with van der Waals surface area (Å²) in [5, 5.41) is 0. The van der Waals surface area contributed by atoms with Crippen molar-refractivity contribution in [2.75, 3.05) is 26.4 Å². The molecule has 0 aliphatic carbocycles. The largest absolute Gasteiger partial charge is 0.466 e. The van der Waals surface area contributed by atoms with E-state index in [-0.39, 0.29) is 38.9 Å². The van der Waals surface area contributed by atoms with Gasteiger partial charge in [0.05, 0.1) is 26.4 Å². The van der Waals surface area contributed by atoms with Crippen LogP contribution in [0.15, 0.2) is 0 Å². The SMILES string of the molecule is CCCOC(=O)CC(=O)CC(=O)OCCC.CCOC(=O)CC(=O)CC(=O)OCC. The van der Waals surface area contributed by atoms with E-state index in [1.807, 2.05) is 13.8 Å². The van der Waals surface area contributed by atoms with Crippen molar-refractivity contribution in [1.82, 2.24) is 0 Å². The fourth-order valence-electron chi connectivity index (χ4n) is 1.73. The van der Waals surface area contributed by atoms with Gasteiger partial charge in [0.15, 0.2) is 11.6 Å². The predicted molar refractivity (Wildman–Crippen MR) is 104 cm³/mol. The van der Waals surface area contributed by atoms with Gasteiger partial charge in [0.1, 0.15) is 25.7 Å². The number of hydrogen-bond donors (Lipinski definition) is 0. The minimum atomic E-state index is -0.609. The molecular weight excluding hydrogens is 400 g/mol. The van der Waals surface area contributed by atoms with E-state index >= 15 is 0 Å². The average molecular weight is 432 g/mol. The van der Waals surface area contributed by atoms with Gasteiger partial charge in [0.2, 0.25) is 0 Å². The van der Waals surface area contributed by atoms with E-state index < -0.39 is 35.4 Å². The molecule has 0 bridgehead atoms. The van der Waals surface area contributed by atoms with Crippen molar-refractivity contribution < 1.29 is 47.7 Å². The number of carbonyl (C=O) groups is 6. The molecule has 0 aromatic rings. The van der Waals surface area contributed by atoms with Crippen molar-refractivity contribution in [3.8, 4) is 0 Å². The Morgan fingerprint density at radius 3 is 0.967 bits per heavy atom. The van der Waals surface area contributed by atoms with Crippen molar-refractivity contribution >= 4 is 35.4 Å². The minimum absolute atomic E-state index is 0.228. The lowest BCUT2D eigenvalue weighted by atomic mass is 10.2. The van der Waals surface area contributed by atoms with Crippen LogP contribution in [0.4, 0.5) is 0 Å². The molecule has 0 radical (unpaired) electrons. The van der Waals surface area contributed by atoms with E-state index in [0.29, 0.717) is 26.1 Å². The van der Waals surface area contributed by atoms with E-state index in [1.165, 1.54) is 0 Å². The number of esters is 4. The molecule has 0 aliphatic heterocycles. The summed E-state index contributed by atoms with van der Waals surface area (Å²) >= 11 is 0. The minimum Gasteiger partial charge on any atom is -0.466 e. The third kappa shape index (κ3) is 20.0. The Balaban J connectivity index is 0. The summed E-state index contributed by atoms with van der Waals surface area (Å²) in [5.41, 5.74) is 0. The first kappa shape index (κ1) is 29.4. The van der Waals surface area contributed by atoms with Crippen LogP contribution < -0.4 is 0 Å². The monoisotopic (exact) mass is 432 g/mol. The van der Waals surface area contributed by atoms with Gasteiger partial charge in [-0.15, -0.1) is 0 Å². The quantitative estimate of drug-likeness (QED) is 0.226. The summed E-state index contributed by atoms with van der Waals surface area (Å²) in [7, 11) is 0. The van der Waals surface area contributed by atoms with E-state index in [2.05, 4.69) is 9.47 Å². The van der Waals surface area contributed by atoms with Crippen LogP contribution in [0.25, 0.3) is 0 Å². The number of ether oxygens (including phenoxy) is 4. The summed E-state index contributed by atoms with van der Waals surface area (Å²) in [4.78, 5) is 65.8. The summed E-state index contributed by atoms with van der Waals surface area (Å²) < 4.78 is 18.5. The zero-order valence-corrected chi connectivity index (χ0v) is 18.2. The van der Waals surface area contributed by atoms with Gasteiger partial charge in [-0.1, -0.05) is 13.8 Å². The highest BCUT2D eigenvalue weighted by atomic mass is 16.5. The Bertz CT molecular complexity index is 522. The molecule has 0 amide bonds. The Kier molecular flexibility index (Phi) is 19.2. The van der Waals surface area contributed by atoms with Crippen LogP contribution in [-0.2, 0) is 47.7 Å². The summed E-state index contributed by atoms with van der Waals surface area (Å²) in [6.45, 7) is 8.06. The Morgan fingerprint density at radius 2 is 0.733 bits per heavy atom. The van der Waals surface area contributed by atoms with Crippen molar-refractivity contribution in [1.29, 1.82) is 0 Å². The number of ketones is 2. The molecule has 0 unspecified atom stereocenters. The molecule has 0 rings (SSSR count). The van der Waals surface area contributed by atoms with Crippen LogP contribution in [0.3, 0.4) is 0 Å². The molecule has 0 spiro atoms. The fourth-order valence-corrected chi connectivity index (χ4v) is 1.73. The fraction of sp³-hybridized carbons (Fsp3) is 0.700. The first-order valence-electron chi connectivity index (χ1n) is 9.85. The second-order valence-corrected chi connectivity index (χ2v) is 5.84. The van der Waals surface area contributed by atoms with E-state index in [9.17, 15) is 28.8 Å². The number of carbonyl (C=O) groups excluding carboxylic acids is 6. The molecule has 0 saturated carbocycles. The lowest BCUT2D eigenvalue weighted by Gasteiger charge is -2.03. The van der Waals surface area contributed by atoms with Gasteiger partial charge in [0, 0.05) is 0 Å². The maximum absolute atomic E-state index is 11.2. The van der Waals surface area contributed by atoms with Crippen LogP contribution in [-0.4, -0.2) is 61.9 Å². The lowest BCUT2D eigenvalue weighted by Crippen LogP contribution is -2.16. The summed E-state index contributed by atoms with van der Waals surface area (Å²) in [6.07, 6.45) is -0.0430. The molecule has 0 N–H and O–H groups in total. The predicted octanol–water partition coefficient (Wildman–Crippen LogP) is 1.70. The Morgan fingerprint density at radius 1 is 0.467 bits per heavy atom. The smallest absolute Gasteiger partial charge is 0.313 e. The molecular formula is C20H32O10. The maximum Gasteiger partial charge on any atom is 0.313 e. The zero-order chi connectivity index (χ0) is 23.4. The highest BCUT2D eigenvalue weighted by Crippen LogP contribution is 1.97. The second kappa shape index (κ2) is 19.5. The topological polar surface area (TPSA) is 139 Å². The molecule has 0 aromatic heterocycles.